The molecule has 0 aliphatic carbocycles. The van der Waals surface area contributed by atoms with Crippen molar-refractivity contribution in [1.29, 1.82) is 0 Å². The lowest BCUT2D eigenvalue weighted by Crippen LogP contribution is -2.33. The molecule has 0 aliphatic rings. The van der Waals surface area contributed by atoms with E-state index in [0.29, 0.717) is 10.2 Å². The van der Waals surface area contributed by atoms with Crippen molar-refractivity contribution in [2.75, 3.05) is 0 Å². The van der Waals surface area contributed by atoms with Gasteiger partial charge in [-0.25, -0.2) is 0 Å². The molecule has 94 valence electrons. The molecule has 4 nitrogen and oxygen atoms in total. The summed E-state index contributed by atoms with van der Waals surface area (Å²) in [6.07, 6.45) is 0. The van der Waals surface area contributed by atoms with Crippen LogP contribution < -0.4 is 0 Å². The average molecular weight is 246 g/mol. The molecule has 0 saturated heterocycles. The lowest BCUT2D eigenvalue weighted by Gasteiger charge is -2.24. The van der Waals surface area contributed by atoms with E-state index in [-0.39, 0.29) is 0 Å². The fourth-order valence-electron chi connectivity index (χ4n) is 0.877. The zero-order valence-corrected chi connectivity index (χ0v) is 13.2. The highest BCUT2D eigenvalue weighted by atomic mass is 28.1. The normalized spacial score (nSPS) is 12.7. The summed E-state index contributed by atoms with van der Waals surface area (Å²) < 4.78 is 10.3. The van der Waals surface area contributed by atoms with Gasteiger partial charge in [-0.05, 0) is 41.5 Å². The zero-order valence-electron chi connectivity index (χ0n) is 11.2. The number of carbonyl (C=O) groups is 2. The molecule has 0 fully saturated rings. The van der Waals surface area contributed by atoms with Crippen molar-refractivity contribution >= 4 is 22.2 Å². The molecule has 0 radical (unpaired) electrons. The smallest absolute Gasteiger partial charge is 0.316 e. The molecular formula is C11H22O4Si. The van der Waals surface area contributed by atoms with Gasteiger partial charge >= 0.3 is 11.9 Å². The minimum atomic E-state index is -0.751. The molecular weight excluding hydrogens is 224 g/mol. The summed E-state index contributed by atoms with van der Waals surface area (Å²) in [4.78, 5) is 23.2. The third-order valence-electron chi connectivity index (χ3n) is 1.52. The van der Waals surface area contributed by atoms with Gasteiger partial charge in [0.15, 0.2) is 0 Å². The van der Waals surface area contributed by atoms with Gasteiger partial charge in [0.2, 0.25) is 0 Å². The topological polar surface area (TPSA) is 52.6 Å². The van der Waals surface area contributed by atoms with Gasteiger partial charge in [0.05, 0.1) is 0 Å². The Labute approximate surface area is 100 Å². The highest BCUT2D eigenvalue weighted by Crippen LogP contribution is 2.17. The summed E-state index contributed by atoms with van der Waals surface area (Å²) in [5.41, 5.74) is -1.89. The van der Waals surface area contributed by atoms with Gasteiger partial charge in [0.25, 0.3) is 0 Å². The Morgan fingerprint density at radius 2 is 1.12 bits per heavy atom. The van der Waals surface area contributed by atoms with Crippen LogP contribution in [0.2, 0.25) is 5.54 Å². The van der Waals surface area contributed by atoms with Crippen LogP contribution in [0, 0.1) is 0 Å². The molecule has 0 bridgehead atoms. The SMILES string of the molecule is CC(C)(C)OC(=O)C([SiH3])C(=O)OC(C)(C)C. The zero-order chi connectivity index (χ0) is 13.1. The van der Waals surface area contributed by atoms with E-state index in [1.54, 1.807) is 41.5 Å². The first kappa shape index (κ1) is 15.2. The van der Waals surface area contributed by atoms with E-state index >= 15 is 0 Å². The van der Waals surface area contributed by atoms with Crippen molar-refractivity contribution in [1.82, 2.24) is 0 Å². The van der Waals surface area contributed by atoms with Crippen LogP contribution in [-0.2, 0) is 19.1 Å². The van der Waals surface area contributed by atoms with Crippen LogP contribution in [0.25, 0.3) is 0 Å². The molecule has 0 aromatic heterocycles. The van der Waals surface area contributed by atoms with Crippen molar-refractivity contribution < 1.29 is 19.1 Å². The van der Waals surface area contributed by atoms with Gasteiger partial charge in [-0.3, -0.25) is 9.59 Å². The lowest BCUT2D eigenvalue weighted by molar-refractivity contribution is -0.166. The minimum absolute atomic E-state index is 0.394. The number of esters is 2. The van der Waals surface area contributed by atoms with Crippen molar-refractivity contribution in [3.8, 4) is 0 Å². The average Bonchev–Trinajstić information content (AvgIpc) is 1.96. The molecule has 0 N–H and O–H groups in total. The van der Waals surface area contributed by atoms with Crippen molar-refractivity contribution in [3.05, 3.63) is 0 Å². The van der Waals surface area contributed by atoms with Crippen LogP contribution in [-0.4, -0.2) is 33.4 Å². The van der Waals surface area contributed by atoms with Crippen LogP contribution in [0.15, 0.2) is 0 Å². The molecule has 0 aromatic rings. The van der Waals surface area contributed by atoms with E-state index in [4.69, 9.17) is 9.47 Å². The van der Waals surface area contributed by atoms with Gasteiger partial charge in [-0.15, -0.1) is 0 Å². The summed E-state index contributed by atoms with van der Waals surface area (Å²) in [6.45, 7) is 10.6. The van der Waals surface area contributed by atoms with Crippen LogP contribution >= 0.6 is 0 Å². The van der Waals surface area contributed by atoms with Crippen LogP contribution in [0.3, 0.4) is 0 Å². The molecule has 0 aliphatic heterocycles. The Balaban J connectivity index is 4.40. The van der Waals surface area contributed by atoms with Crippen LogP contribution in [0.1, 0.15) is 41.5 Å². The van der Waals surface area contributed by atoms with Gasteiger partial charge in [-0.1, -0.05) is 0 Å². The maximum absolute atomic E-state index is 11.6. The van der Waals surface area contributed by atoms with Crippen LogP contribution in [0.4, 0.5) is 0 Å². The third-order valence-corrected chi connectivity index (χ3v) is 2.46. The molecule has 0 saturated carbocycles. The monoisotopic (exact) mass is 246 g/mol. The van der Waals surface area contributed by atoms with Crippen molar-refractivity contribution in [2.24, 2.45) is 0 Å². The van der Waals surface area contributed by atoms with E-state index < -0.39 is 28.7 Å². The van der Waals surface area contributed by atoms with E-state index in [9.17, 15) is 9.59 Å². The second kappa shape index (κ2) is 4.99. The molecule has 16 heavy (non-hydrogen) atoms. The lowest BCUT2D eigenvalue weighted by atomic mass is 10.2. The summed E-state index contributed by atoms with van der Waals surface area (Å²) in [5.74, 6) is -0.984. The Morgan fingerprint density at radius 1 is 0.875 bits per heavy atom. The summed E-state index contributed by atoms with van der Waals surface area (Å²) in [5, 5.41) is 0. The number of hydrogen-bond donors (Lipinski definition) is 0. The Bertz CT molecular complexity index is 245. The number of carbonyl (C=O) groups excluding carboxylic acids is 2. The maximum atomic E-state index is 11.6. The van der Waals surface area contributed by atoms with E-state index in [2.05, 4.69) is 0 Å². The summed E-state index contributed by atoms with van der Waals surface area (Å²) in [6, 6.07) is 0. The first-order valence-corrected chi connectivity index (χ1v) is 6.53. The number of rotatable bonds is 2. The van der Waals surface area contributed by atoms with E-state index in [1.807, 2.05) is 0 Å². The van der Waals surface area contributed by atoms with E-state index in [1.165, 1.54) is 0 Å². The van der Waals surface area contributed by atoms with Crippen molar-refractivity contribution in [2.45, 2.75) is 58.3 Å². The quantitative estimate of drug-likeness (QED) is 0.411. The second-order valence-electron chi connectivity index (χ2n) is 5.79. The predicted octanol–water partition coefficient (Wildman–Crippen LogP) is 0.824. The van der Waals surface area contributed by atoms with Gasteiger partial charge in [0, 0.05) is 10.2 Å². The Morgan fingerprint density at radius 3 is 1.31 bits per heavy atom. The van der Waals surface area contributed by atoms with Gasteiger partial charge < -0.3 is 9.47 Å². The standard InChI is InChI=1S/C11H22O4Si/c1-10(2,3)14-8(12)7(16)9(13)15-11(4,5)6/h7H,1-6,16H3. The second-order valence-corrected chi connectivity index (χ2v) is 6.94. The van der Waals surface area contributed by atoms with E-state index in [0.717, 1.165) is 0 Å². The summed E-state index contributed by atoms with van der Waals surface area (Å²) >= 11 is 0. The molecule has 5 heteroatoms. The van der Waals surface area contributed by atoms with Crippen LogP contribution in [0.5, 0.6) is 0 Å². The van der Waals surface area contributed by atoms with Gasteiger partial charge in [0.1, 0.15) is 16.7 Å². The highest BCUT2D eigenvalue weighted by molar-refractivity contribution is 6.34. The highest BCUT2D eigenvalue weighted by Gasteiger charge is 2.30. The predicted molar refractivity (Wildman–Crippen MR) is 65.4 cm³/mol. The molecule has 0 rings (SSSR count). The van der Waals surface area contributed by atoms with Crippen molar-refractivity contribution in [3.63, 3.8) is 0 Å². The number of ether oxygens (including phenoxy) is 2. The molecule has 0 unspecified atom stereocenters. The van der Waals surface area contributed by atoms with Gasteiger partial charge in [-0.2, -0.15) is 0 Å². The maximum Gasteiger partial charge on any atom is 0.316 e. The molecule has 0 spiro atoms. The fraction of sp³-hybridized carbons (Fsp3) is 0.818. The largest absolute Gasteiger partial charge is 0.460 e. The summed E-state index contributed by atoms with van der Waals surface area (Å²) in [7, 11) is 0.394. The molecule has 0 atom stereocenters. The molecule has 0 aromatic carbocycles. The third kappa shape index (κ3) is 6.61. The molecule has 0 heterocycles. The Hall–Kier alpha value is -0.843. The Kier molecular flexibility index (Phi) is 4.73. The first-order chi connectivity index (χ1) is 6.92. The molecule has 0 amide bonds. The fourth-order valence-corrected chi connectivity index (χ4v) is 1.11. The first-order valence-electron chi connectivity index (χ1n) is 5.38. The minimum Gasteiger partial charge on any atom is -0.460 e. The number of hydrogen-bond acceptors (Lipinski definition) is 4.